The van der Waals surface area contributed by atoms with Crippen LogP contribution in [0.1, 0.15) is 5.56 Å². The van der Waals surface area contributed by atoms with E-state index in [4.69, 9.17) is 0 Å². The van der Waals surface area contributed by atoms with Gasteiger partial charge in [-0.3, -0.25) is 4.79 Å². The second-order valence-electron chi connectivity index (χ2n) is 4.01. The number of hydrogen-bond acceptors (Lipinski definition) is 3. The van der Waals surface area contributed by atoms with Gasteiger partial charge in [-0.25, -0.2) is 4.98 Å². The Morgan fingerprint density at radius 3 is 2.63 bits per heavy atom. The molecule has 0 unspecified atom stereocenters. The molecule has 0 atom stereocenters. The summed E-state index contributed by atoms with van der Waals surface area (Å²) in [6.45, 7) is 2.04. The van der Waals surface area contributed by atoms with E-state index in [0.717, 1.165) is 9.37 Å². The third kappa shape index (κ3) is 4.69. The lowest BCUT2D eigenvalue weighted by Crippen LogP contribution is -2.14. The lowest BCUT2D eigenvalue weighted by atomic mass is 10.2. The molecule has 0 radical (unpaired) electrons. The monoisotopic (exact) mass is 336 g/mol. The van der Waals surface area contributed by atoms with Crippen molar-refractivity contribution in [3.63, 3.8) is 0 Å². The first-order valence-electron chi connectivity index (χ1n) is 5.74. The van der Waals surface area contributed by atoms with Crippen LogP contribution in [0.3, 0.4) is 0 Å². The molecule has 0 aliphatic rings. The second kappa shape index (κ2) is 6.73. The van der Waals surface area contributed by atoms with Gasteiger partial charge in [-0.2, -0.15) is 0 Å². The fourth-order valence-electron chi connectivity index (χ4n) is 1.41. The van der Waals surface area contributed by atoms with Crippen molar-refractivity contribution in [2.45, 2.75) is 11.8 Å². The number of nitrogens with zero attached hydrogens (tertiary/aromatic N) is 1. The van der Waals surface area contributed by atoms with Crippen LogP contribution in [-0.2, 0) is 4.79 Å². The number of rotatable bonds is 4. The summed E-state index contributed by atoms with van der Waals surface area (Å²) in [7, 11) is 0. The largest absolute Gasteiger partial charge is 0.310 e. The second-order valence-corrected chi connectivity index (χ2v) is 5.98. The molecule has 0 saturated heterocycles. The Balaban J connectivity index is 1.84. The number of pyridine rings is 1. The van der Waals surface area contributed by atoms with Crippen LogP contribution in [0.15, 0.2) is 52.0 Å². The summed E-state index contributed by atoms with van der Waals surface area (Å²) >= 11 is 4.81. The number of nitrogens with one attached hydrogen (secondary N) is 1. The van der Waals surface area contributed by atoms with Gasteiger partial charge in [0.1, 0.15) is 5.82 Å². The molecule has 5 heteroatoms. The SMILES string of the molecule is Cc1ccc(SCC(=O)Nc2ccc(Br)cn2)cc1. The fraction of sp³-hybridized carbons (Fsp3) is 0.143. The van der Waals surface area contributed by atoms with Gasteiger partial charge in [0, 0.05) is 15.6 Å². The minimum absolute atomic E-state index is 0.0552. The molecule has 1 aromatic heterocycles. The van der Waals surface area contributed by atoms with Crippen LogP contribution in [0.4, 0.5) is 5.82 Å². The van der Waals surface area contributed by atoms with E-state index >= 15 is 0 Å². The molecule has 2 aromatic rings. The minimum atomic E-state index is -0.0552. The van der Waals surface area contributed by atoms with Crippen LogP contribution in [0.25, 0.3) is 0 Å². The van der Waals surface area contributed by atoms with Gasteiger partial charge in [-0.15, -0.1) is 11.8 Å². The molecule has 0 aliphatic heterocycles. The Kier molecular flexibility index (Phi) is 4.99. The van der Waals surface area contributed by atoms with Crippen molar-refractivity contribution in [1.29, 1.82) is 0 Å². The average Bonchev–Trinajstić information content (AvgIpc) is 2.41. The van der Waals surface area contributed by atoms with Gasteiger partial charge < -0.3 is 5.32 Å². The molecule has 0 bridgehead atoms. The zero-order chi connectivity index (χ0) is 13.7. The Labute approximate surface area is 125 Å². The van der Waals surface area contributed by atoms with E-state index in [1.54, 1.807) is 12.3 Å². The van der Waals surface area contributed by atoms with Gasteiger partial charge in [-0.05, 0) is 47.1 Å². The van der Waals surface area contributed by atoms with Crippen molar-refractivity contribution < 1.29 is 4.79 Å². The number of halogens is 1. The molecule has 3 nitrogen and oxygen atoms in total. The third-order valence-electron chi connectivity index (χ3n) is 2.39. The lowest BCUT2D eigenvalue weighted by Gasteiger charge is -2.04. The van der Waals surface area contributed by atoms with Crippen LogP contribution >= 0.6 is 27.7 Å². The normalized spacial score (nSPS) is 10.2. The van der Waals surface area contributed by atoms with Crippen LogP contribution < -0.4 is 5.32 Å². The first kappa shape index (κ1) is 14.1. The Bertz CT molecular complexity index is 555. The van der Waals surface area contributed by atoms with Gasteiger partial charge in [0.05, 0.1) is 5.75 Å². The standard InChI is InChI=1S/C14H13BrN2OS/c1-10-2-5-12(6-3-10)19-9-14(18)17-13-7-4-11(15)8-16-13/h2-8H,9H2,1H3,(H,16,17,18). The first-order chi connectivity index (χ1) is 9.13. The number of carbonyl (C=O) groups excluding carboxylic acids is 1. The number of aromatic nitrogens is 1. The summed E-state index contributed by atoms with van der Waals surface area (Å²) in [6, 6.07) is 11.7. The number of hydrogen-bond donors (Lipinski definition) is 1. The first-order valence-corrected chi connectivity index (χ1v) is 7.52. The number of anilines is 1. The van der Waals surface area contributed by atoms with Crippen molar-refractivity contribution in [1.82, 2.24) is 4.98 Å². The average molecular weight is 337 g/mol. The molecule has 2 rings (SSSR count). The topological polar surface area (TPSA) is 42.0 Å². The van der Waals surface area contributed by atoms with Crippen LogP contribution in [-0.4, -0.2) is 16.6 Å². The summed E-state index contributed by atoms with van der Waals surface area (Å²) in [6.07, 6.45) is 1.66. The Hall–Kier alpha value is -1.33. The molecule has 19 heavy (non-hydrogen) atoms. The number of benzene rings is 1. The third-order valence-corrected chi connectivity index (χ3v) is 3.87. The highest BCUT2D eigenvalue weighted by Crippen LogP contribution is 2.18. The van der Waals surface area contributed by atoms with Crippen molar-refractivity contribution in [3.8, 4) is 0 Å². The summed E-state index contributed by atoms with van der Waals surface area (Å²) < 4.78 is 0.888. The predicted molar refractivity (Wildman–Crippen MR) is 82.5 cm³/mol. The number of thioether (sulfide) groups is 1. The highest BCUT2D eigenvalue weighted by Gasteiger charge is 2.04. The summed E-state index contributed by atoms with van der Waals surface area (Å²) in [5.41, 5.74) is 1.22. The molecule has 1 N–H and O–H groups in total. The van der Waals surface area contributed by atoms with E-state index in [1.165, 1.54) is 17.3 Å². The molecule has 1 amide bonds. The molecule has 1 heterocycles. The number of amides is 1. The molecular formula is C14H13BrN2OS. The summed E-state index contributed by atoms with van der Waals surface area (Å²) in [4.78, 5) is 16.9. The van der Waals surface area contributed by atoms with Crippen LogP contribution in [0.2, 0.25) is 0 Å². The van der Waals surface area contributed by atoms with Gasteiger partial charge in [0.2, 0.25) is 5.91 Å². The quantitative estimate of drug-likeness (QED) is 0.861. The van der Waals surface area contributed by atoms with Crippen molar-refractivity contribution in [3.05, 3.63) is 52.6 Å². The maximum atomic E-state index is 11.8. The van der Waals surface area contributed by atoms with Gasteiger partial charge in [0.25, 0.3) is 0 Å². The van der Waals surface area contributed by atoms with Crippen molar-refractivity contribution >= 4 is 39.4 Å². The Morgan fingerprint density at radius 1 is 1.26 bits per heavy atom. The molecule has 0 saturated carbocycles. The molecule has 0 aliphatic carbocycles. The van der Waals surface area contributed by atoms with E-state index in [9.17, 15) is 4.79 Å². The molecule has 1 aromatic carbocycles. The van der Waals surface area contributed by atoms with Gasteiger partial charge >= 0.3 is 0 Å². The highest BCUT2D eigenvalue weighted by molar-refractivity contribution is 9.10. The number of aryl methyl sites for hydroxylation is 1. The predicted octanol–water partition coefficient (Wildman–Crippen LogP) is 3.88. The van der Waals surface area contributed by atoms with Gasteiger partial charge in [0.15, 0.2) is 0 Å². The fourth-order valence-corrected chi connectivity index (χ4v) is 2.35. The minimum Gasteiger partial charge on any atom is -0.310 e. The van der Waals surface area contributed by atoms with E-state index in [-0.39, 0.29) is 5.91 Å². The van der Waals surface area contributed by atoms with Crippen LogP contribution in [0.5, 0.6) is 0 Å². The van der Waals surface area contributed by atoms with Gasteiger partial charge in [-0.1, -0.05) is 17.7 Å². The molecule has 98 valence electrons. The zero-order valence-corrected chi connectivity index (χ0v) is 12.8. The van der Waals surface area contributed by atoms with E-state index in [0.29, 0.717) is 11.6 Å². The summed E-state index contributed by atoms with van der Waals surface area (Å²) in [5.74, 6) is 0.888. The van der Waals surface area contributed by atoms with E-state index < -0.39 is 0 Å². The molecule has 0 fully saturated rings. The maximum absolute atomic E-state index is 11.8. The van der Waals surface area contributed by atoms with E-state index in [2.05, 4.69) is 26.2 Å². The van der Waals surface area contributed by atoms with E-state index in [1.807, 2.05) is 37.3 Å². The molecule has 0 spiro atoms. The van der Waals surface area contributed by atoms with Crippen LogP contribution in [0, 0.1) is 6.92 Å². The maximum Gasteiger partial charge on any atom is 0.235 e. The Morgan fingerprint density at radius 2 is 2.00 bits per heavy atom. The van der Waals surface area contributed by atoms with Crippen molar-refractivity contribution in [2.24, 2.45) is 0 Å². The smallest absolute Gasteiger partial charge is 0.235 e. The van der Waals surface area contributed by atoms with Crippen molar-refractivity contribution in [2.75, 3.05) is 11.1 Å². The lowest BCUT2D eigenvalue weighted by molar-refractivity contribution is -0.113. The highest BCUT2D eigenvalue weighted by atomic mass is 79.9. The molecular weight excluding hydrogens is 324 g/mol. The number of carbonyl (C=O) groups is 1. The zero-order valence-electron chi connectivity index (χ0n) is 10.4. The summed E-state index contributed by atoms with van der Waals surface area (Å²) in [5, 5.41) is 2.76.